The summed E-state index contributed by atoms with van der Waals surface area (Å²) in [7, 11) is 0. The van der Waals surface area contributed by atoms with Crippen molar-refractivity contribution in [1.82, 2.24) is 15.0 Å². The Morgan fingerprint density at radius 3 is 1.80 bits per heavy atom. The number of pyridine rings is 1. The Bertz CT molecular complexity index is 2570. The lowest BCUT2D eigenvalue weighted by Crippen LogP contribution is -1.96. The second kappa shape index (κ2) is 10.8. The number of hydrogen-bond acceptors (Lipinski definition) is 3. The number of nitrogens with zero attached hydrogens (tertiary/aromatic N) is 3. The molecule has 7 aromatic carbocycles. The van der Waals surface area contributed by atoms with Crippen molar-refractivity contribution in [3.05, 3.63) is 164 Å². The largest absolute Gasteiger partial charge is 0.256 e. The maximum absolute atomic E-state index is 5.16. The molecule has 2 heterocycles. The van der Waals surface area contributed by atoms with Gasteiger partial charge in [0.2, 0.25) is 0 Å². The van der Waals surface area contributed by atoms with Crippen molar-refractivity contribution in [2.45, 2.75) is 0 Å². The zero-order valence-electron chi connectivity index (χ0n) is 24.9. The van der Waals surface area contributed by atoms with Gasteiger partial charge >= 0.3 is 0 Å². The van der Waals surface area contributed by atoms with E-state index < -0.39 is 0 Å². The topological polar surface area (TPSA) is 38.7 Å². The van der Waals surface area contributed by atoms with Gasteiger partial charge in [-0.05, 0) is 56.6 Å². The van der Waals surface area contributed by atoms with E-state index in [2.05, 4.69) is 140 Å². The molecule has 9 rings (SSSR count). The molecule has 0 amide bonds. The van der Waals surface area contributed by atoms with Gasteiger partial charge in [0.15, 0.2) is 5.82 Å². The van der Waals surface area contributed by atoms with Crippen LogP contribution in [-0.2, 0) is 0 Å². The third kappa shape index (κ3) is 4.41. The highest BCUT2D eigenvalue weighted by atomic mass is 14.9. The lowest BCUT2D eigenvalue weighted by molar-refractivity contribution is 1.23. The molecule has 3 nitrogen and oxygen atoms in total. The summed E-state index contributed by atoms with van der Waals surface area (Å²) < 4.78 is 0. The molecule has 0 fully saturated rings. The number of benzene rings is 7. The van der Waals surface area contributed by atoms with E-state index in [0.717, 1.165) is 55.4 Å². The van der Waals surface area contributed by atoms with Crippen molar-refractivity contribution in [2.75, 3.05) is 0 Å². The van der Waals surface area contributed by atoms with Crippen LogP contribution in [0.1, 0.15) is 0 Å². The average Bonchev–Trinajstić information content (AvgIpc) is 3.14. The van der Waals surface area contributed by atoms with Gasteiger partial charge in [-0.3, -0.25) is 4.98 Å². The van der Waals surface area contributed by atoms with Crippen molar-refractivity contribution in [2.24, 2.45) is 0 Å². The lowest BCUT2D eigenvalue weighted by atomic mass is 9.93. The molecule has 3 heteroatoms. The van der Waals surface area contributed by atoms with E-state index in [0.29, 0.717) is 0 Å². The van der Waals surface area contributed by atoms with Crippen LogP contribution in [0.2, 0.25) is 0 Å². The van der Waals surface area contributed by atoms with Crippen LogP contribution in [0.25, 0.3) is 88.2 Å². The number of fused-ring (bicyclic) bond motifs is 5. The first-order chi connectivity index (χ1) is 22.8. The Kier molecular flexibility index (Phi) is 6.14. The maximum Gasteiger partial charge on any atom is 0.161 e. The number of para-hydroxylation sites is 1. The predicted molar refractivity (Wildman–Crippen MR) is 192 cm³/mol. The normalized spacial score (nSPS) is 11.5. The molecule has 2 aromatic heterocycles. The molecular formula is C43H27N3. The van der Waals surface area contributed by atoms with E-state index in [1.807, 2.05) is 24.4 Å². The first kappa shape index (κ1) is 26.2. The van der Waals surface area contributed by atoms with Crippen LogP contribution in [-0.4, -0.2) is 15.0 Å². The standard InChI is InChI=1S/C43H27N3/c1-2-10-30(11-3-1)42-39-16-8-9-17-40(39)45-43(46-42)38-25-24-34(35-14-6-7-15-36(35)38)29-20-18-28(19-21-29)31-22-23-37-33-13-5-4-12-32(33)27-44-41(37)26-31/h1-27H. The van der Waals surface area contributed by atoms with Crippen LogP contribution < -0.4 is 0 Å². The van der Waals surface area contributed by atoms with Gasteiger partial charge in [-0.2, -0.15) is 0 Å². The molecule has 0 aliphatic rings. The minimum atomic E-state index is 0.730. The first-order valence-corrected chi connectivity index (χ1v) is 15.5. The summed E-state index contributed by atoms with van der Waals surface area (Å²) in [6.45, 7) is 0. The first-order valence-electron chi connectivity index (χ1n) is 15.5. The Hall–Kier alpha value is -6.19. The number of aromatic nitrogens is 3. The lowest BCUT2D eigenvalue weighted by Gasteiger charge is -2.14. The highest BCUT2D eigenvalue weighted by Gasteiger charge is 2.15. The summed E-state index contributed by atoms with van der Waals surface area (Å²) in [6.07, 6.45) is 1.96. The summed E-state index contributed by atoms with van der Waals surface area (Å²) in [5, 5.41) is 6.92. The Labute approximate surface area is 266 Å². The molecule has 0 saturated heterocycles. The van der Waals surface area contributed by atoms with Crippen LogP contribution in [0.3, 0.4) is 0 Å². The second-order valence-corrected chi connectivity index (χ2v) is 11.6. The SMILES string of the molecule is c1ccc(-c2nc(-c3ccc(-c4ccc(-c5ccc6c(c5)ncc5ccccc56)cc4)c4ccccc34)nc3ccccc23)cc1. The van der Waals surface area contributed by atoms with Gasteiger partial charge in [0.05, 0.1) is 16.7 Å². The van der Waals surface area contributed by atoms with Crippen LogP contribution in [0.15, 0.2) is 164 Å². The van der Waals surface area contributed by atoms with Crippen molar-refractivity contribution in [3.63, 3.8) is 0 Å². The van der Waals surface area contributed by atoms with Gasteiger partial charge in [-0.1, -0.05) is 140 Å². The van der Waals surface area contributed by atoms with Crippen LogP contribution >= 0.6 is 0 Å². The number of rotatable bonds is 4. The molecule has 9 aromatic rings. The molecule has 0 radical (unpaired) electrons. The third-order valence-corrected chi connectivity index (χ3v) is 8.94. The minimum absolute atomic E-state index is 0.730. The average molecular weight is 586 g/mol. The van der Waals surface area contributed by atoms with Gasteiger partial charge in [0.1, 0.15) is 0 Å². The van der Waals surface area contributed by atoms with Crippen LogP contribution in [0, 0.1) is 0 Å². The molecule has 0 N–H and O–H groups in total. The van der Waals surface area contributed by atoms with E-state index in [-0.39, 0.29) is 0 Å². The van der Waals surface area contributed by atoms with Crippen LogP contribution in [0.5, 0.6) is 0 Å². The summed E-state index contributed by atoms with van der Waals surface area (Å²) in [6, 6.07) is 55.4. The zero-order chi connectivity index (χ0) is 30.5. The highest BCUT2D eigenvalue weighted by molar-refractivity contribution is 6.07. The quantitative estimate of drug-likeness (QED) is 0.193. The molecule has 0 atom stereocenters. The fraction of sp³-hybridized carbons (Fsp3) is 0. The minimum Gasteiger partial charge on any atom is -0.256 e. The Morgan fingerprint density at radius 1 is 0.348 bits per heavy atom. The van der Waals surface area contributed by atoms with Gasteiger partial charge < -0.3 is 0 Å². The van der Waals surface area contributed by atoms with E-state index >= 15 is 0 Å². The molecule has 0 aliphatic heterocycles. The van der Waals surface area contributed by atoms with E-state index in [4.69, 9.17) is 15.0 Å². The molecule has 0 saturated carbocycles. The maximum atomic E-state index is 5.16. The molecule has 46 heavy (non-hydrogen) atoms. The summed E-state index contributed by atoms with van der Waals surface area (Å²) in [5.74, 6) is 0.730. The number of hydrogen-bond donors (Lipinski definition) is 0. The Morgan fingerprint density at radius 2 is 0.978 bits per heavy atom. The Balaban J connectivity index is 1.12. The van der Waals surface area contributed by atoms with Crippen molar-refractivity contribution >= 4 is 43.4 Å². The predicted octanol–water partition coefficient (Wildman–Crippen LogP) is 11.2. The van der Waals surface area contributed by atoms with E-state index in [9.17, 15) is 0 Å². The second-order valence-electron chi connectivity index (χ2n) is 11.6. The van der Waals surface area contributed by atoms with Crippen molar-refractivity contribution in [3.8, 4) is 44.9 Å². The van der Waals surface area contributed by atoms with Crippen molar-refractivity contribution in [1.29, 1.82) is 0 Å². The summed E-state index contributed by atoms with van der Waals surface area (Å²) in [4.78, 5) is 15.0. The van der Waals surface area contributed by atoms with Gasteiger partial charge in [0, 0.05) is 33.5 Å². The monoisotopic (exact) mass is 585 g/mol. The van der Waals surface area contributed by atoms with Gasteiger partial charge in [0.25, 0.3) is 0 Å². The molecule has 0 unspecified atom stereocenters. The third-order valence-electron chi connectivity index (χ3n) is 8.94. The zero-order valence-corrected chi connectivity index (χ0v) is 24.9. The smallest absolute Gasteiger partial charge is 0.161 e. The van der Waals surface area contributed by atoms with Crippen LogP contribution in [0.4, 0.5) is 0 Å². The van der Waals surface area contributed by atoms with Gasteiger partial charge in [-0.15, -0.1) is 0 Å². The summed E-state index contributed by atoms with van der Waals surface area (Å²) in [5.41, 5.74) is 9.67. The van der Waals surface area contributed by atoms with Gasteiger partial charge in [-0.25, -0.2) is 9.97 Å². The molecule has 0 bridgehead atoms. The van der Waals surface area contributed by atoms with E-state index in [1.54, 1.807) is 0 Å². The fourth-order valence-corrected chi connectivity index (χ4v) is 6.64. The molecule has 0 aliphatic carbocycles. The molecular weight excluding hydrogens is 558 g/mol. The highest BCUT2D eigenvalue weighted by Crippen LogP contribution is 2.37. The van der Waals surface area contributed by atoms with E-state index in [1.165, 1.54) is 32.8 Å². The summed E-state index contributed by atoms with van der Waals surface area (Å²) >= 11 is 0. The fourth-order valence-electron chi connectivity index (χ4n) is 6.64. The molecule has 214 valence electrons. The molecule has 0 spiro atoms. The van der Waals surface area contributed by atoms with Crippen molar-refractivity contribution < 1.29 is 0 Å².